The molecule has 206 valence electrons. The summed E-state index contributed by atoms with van der Waals surface area (Å²) in [7, 11) is 3.85. The Kier molecular flexibility index (Phi) is 8.49. The predicted octanol–water partition coefficient (Wildman–Crippen LogP) is 4.21. The van der Waals surface area contributed by atoms with E-state index in [1.54, 1.807) is 0 Å². The number of hydrogen-bond acceptors (Lipinski definition) is 7. The molecule has 4 rings (SSSR count). The van der Waals surface area contributed by atoms with E-state index in [4.69, 9.17) is 11.5 Å². The molecule has 0 fully saturated rings. The van der Waals surface area contributed by atoms with Crippen LogP contribution in [-0.4, -0.2) is 36.2 Å². The smallest absolute Gasteiger partial charge is 0.273 e. The summed E-state index contributed by atoms with van der Waals surface area (Å²) in [5.74, 6) is -1.78. The van der Waals surface area contributed by atoms with Crippen molar-refractivity contribution in [2.75, 3.05) is 29.6 Å². The summed E-state index contributed by atoms with van der Waals surface area (Å²) in [6.45, 7) is 4.11. The first-order chi connectivity index (χ1) is 19.1. The van der Waals surface area contributed by atoms with E-state index in [9.17, 15) is 14.4 Å². The molecule has 0 spiro atoms. The van der Waals surface area contributed by atoms with Crippen molar-refractivity contribution in [2.45, 2.75) is 26.4 Å². The van der Waals surface area contributed by atoms with Crippen molar-refractivity contribution in [1.82, 2.24) is 9.69 Å². The molecule has 3 aromatic carbocycles. The molecule has 0 aliphatic heterocycles. The van der Waals surface area contributed by atoms with Crippen LogP contribution in [0.2, 0.25) is 0 Å². The third-order valence-electron chi connectivity index (χ3n) is 6.40. The number of amides is 3. The van der Waals surface area contributed by atoms with E-state index in [2.05, 4.69) is 9.69 Å². The largest absolute Gasteiger partial charge is 0.395 e. The van der Waals surface area contributed by atoms with Gasteiger partial charge in [0.25, 0.3) is 11.8 Å². The number of nitrogens with one attached hydrogen (secondary N) is 1. The van der Waals surface area contributed by atoms with Crippen LogP contribution in [0.15, 0.2) is 72.8 Å². The predicted molar refractivity (Wildman–Crippen MR) is 160 cm³/mol. The second kappa shape index (κ2) is 12.0. The number of nitrogen functional groups attached to an aromatic ring is 1. The molecular weight excluding hydrogens is 524 g/mol. The lowest BCUT2D eigenvalue weighted by molar-refractivity contribution is -0.122. The van der Waals surface area contributed by atoms with Crippen LogP contribution in [-0.2, 0) is 11.3 Å². The summed E-state index contributed by atoms with van der Waals surface area (Å²) < 4.78 is 4.02. The van der Waals surface area contributed by atoms with Crippen LogP contribution < -0.4 is 26.6 Å². The van der Waals surface area contributed by atoms with Gasteiger partial charge in [-0.15, -0.1) is 0 Å². The summed E-state index contributed by atoms with van der Waals surface area (Å²) in [6.07, 6.45) is 0. The van der Waals surface area contributed by atoms with Crippen LogP contribution in [0.25, 0.3) is 0 Å². The van der Waals surface area contributed by atoms with E-state index in [1.165, 1.54) is 4.90 Å². The zero-order valence-corrected chi connectivity index (χ0v) is 23.7. The topological polar surface area (TPSA) is 135 Å². The maximum absolute atomic E-state index is 14.3. The van der Waals surface area contributed by atoms with Crippen molar-refractivity contribution in [2.24, 2.45) is 5.73 Å². The SMILES string of the molecule is Cc1cc(C)cc(N(C(=O)c2snc(C(N)=O)c2N)[C@@H](C(=O)NCc2ccccc2)c2ccc(N(C)C)cc2)c1. The van der Waals surface area contributed by atoms with Gasteiger partial charge in [0.15, 0.2) is 5.69 Å². The van der Waals surface area contributed by atoms with Crippen LogP contribution in [0.5, 0.6) is 0 Å². The van der Waals surface area contributed by atoms with E-state index in [0.717, 1.165) is 33.9 Å². The van der Waals surface area contributed by atoms with Crippen molar-refractivity contribution in [3.8, 4) is 0 Å². The van der Waals surface area contributed by atoms with E-state index in [-0.39, 0.29) is 28.7 Å². The fourth-order valence-electron chi connectivity index (χ4n) is 4.47. The van der Waals surface area contributed by atoms with Gasteiger partial charge in [-0.25, -0.2) is 0 Å². The number of nitrogens with zero attached hydrogens (tertiary/aromatic N) is 3. The minimum atomic E-state index is -1.06. The number of carbonyl (C=O) groups excluding carboxylic acids is 3. The number of rotatable bonds is 9. The zero-order chi connectivity index (χ0) is 29.0. The number of nitrogens with two attached hydrogens (primary N) is 2. The number of aromatic nitrogens is 1. The quantitative estimate of drug-likeness (QED) is 0.283. The van der Waals surface area contributed by atoms with Gasteiger partial charge in [0.05, 0.1) is 5.69 Å². The molecule has 40 heavy (non-hydrogen) atoms. The molecule has 1 heterocycles. The molecular formula is C30H32N6O3S. The Morgan fingerprint density at radius 1 is 0.925 bits per heavy atom. The Bertz CT molecular complexity index is 1510. The van der Waals surface area contributed by atoms with E-state index in [1.807, 2.05) is 106 Å². The average molecular weight is 557 g/mol. The molecule has 9 nitrogen and oxygen atoms in total. The Hall–Kier alpha value is -4.70. The van der Waals surface area contributed by atoms with Gasteiger partial charge in [0, 0.05) is 32.0 Å². The van der Waals surface area contributed by atoms with E-state index < -0.39 is 17.9 Å². The number of aryl methyl sites for hydroxylation is 2. The summed E-state index contributed by atoms with van der Waals surface area (Å²) in [5.41, 5.74) is 16.1. The maximum atomic E-state index is 14.3. The van der Waals surface area contributed by atoms with Crippen molar-refractivity contribution in [3.63, 3.8) is 0 Å². The lowest BCUT2D eigenvalue weighted by atomic mass is 10.0. The molecule has 3 amide bonds. The molecule has 0 radical (unpaired) electrons. The number of benzene rings is 3. The highest BCUT2D eigenvalue weighted by Crippen LogP contribution is 2.34. The Balaban J connectivity index is 1.87. The standard InChI is InChI=1S/C30H32N6O3S/c1-18-14-19(2)16-23(15-18)36(30(39)27-24(31)25(28(32)37)34-40-27)26(21-10-12-22(13-11-21)35(3)4)29(38)33-17-20-8-6-5-7-9-20/h5-16,26H,17,31H2,1-4H3,(H2,32,37)(H,33,38)/t26-/m1/s1. The molecule has 1 atom stereocenters. The van der Waals surface area contributed by atoms with Crippen LogP contribution in [0, 0.1) is 13.8 Å². The minimum Gasteiger partial charge on any atom is -0.395 e. The normalized spacial score (nSPS) is 11.5. The molecule has 4 aromatic rings. The second-order valence-corrected chi connectivity index (χ2v) is 10.5. The minimum absolute atomic E-state index is 0.0266. The number of carbonyl (C=O) groups is 3. The number of hydrogen-bond donors (Lipinski definition) is 3. The molecule has 0 aliphatic carbocycles. The number of primary amides is 1. The highest BCUT2D eigenvalue weighted by molar-refractivity contribution is 7.09. The molecule has 1 aromatic heterocycles. The van der Waals surface area contributed by atoms with Crippen molar-refractivity contribution in [3.05, 3.63) is 106 Å². The van der Waals surface area contributed by atoms with Gasteiger partial charge in [0.1, 0.15) is 10.9 Å². The highest BCUT2D eigenvalue weighted by atomic mass is 32.1. The Morgan fingerprint density at radius 3 is 2.10 bits per heavy atom. The average Bonchev–Trinajstić information content (AvgIpc) is 3.31. The van der Waals surface area contributed by atoms with Gasteiger partial charge < -0.3 is 21.7 Å². The van der Waals surface area contributed by atoms with Crippen molar-refractivity contribution in [1.29, 1.82) is 0 Å². The van der Waals surface area contributed by atoms with Gasteiger partial charge >= 0.3 is 0 Å². The Labute approximate surface area is 237 Å². The molecule has 0 saturated heterocycles. The first-order valence-corrected chi connectivity index (χ1v) is 13.4. The summed E-state index contributed by atoms with van der Waals surface area (Å²) in [4.78, 5) is 43.5. The molecule has 0 bridgehead atoms. The maximum Gasteiger partial charge on any atom is 0.273 e. The molecule has 0 aliphatic rings. The van der Waals surface area contributed by atoms with E-state index in [0.29, 0.717) is 11.3 Å². The fourth-order valence-corrected chi connectivity index (χ4v) is 5.21. The lowest BCUT2D eigenvalue weighted by Gasteiger charge is -2.32. The van der Waals surface area contributed by atoms with Gasteiger partial charge in [-0.2, -0.15) is 4.37 Å². The van der Waals surface area contributed by atoms with Crippen LogP contribution in [0.4, 0.5) is 17.1 Å². The lowest BCUT2D eigenvalue weighted by Crippen LogP contribution is -2.44. The van der Waals surface area contributed by atoms with Crippen molar-refractivity contribution < 1.29 is 14.4 Å². The summed E-state index contributed by atoms with van der Waals surface area (Å²) in [6, 6.07) is 21.6. The number of anilines is 3. The van der Waals surface area contributed by atoms with E-state index >= 15 is 0 Å². The Morgan fingerprint density at radius 2 is 1.55 bits per heavy atom. The molecule has 5 N–H and O–H groups in total. The van der Waals surface area contributed by atoms with Crippen molar-refractivity contribution >= 4 is 46.3 Å². The molecule has 0 unspecified atom stereocenters. The highest BCUT2D eigenvalue weighted by Gasteiger charge is 2.36. The van der Waals surface area contributed by atoms with Crippen LogP contribution in [0.3, 0.4) is 0 Å². The first kappa shape index (κ1) is 28.3. The summed E-state index contributed by atoms with van der Waals surface area (Å²) in [5, 5.41) is 3.00. The van der Waals surface area contributed by atoms with Gasteiger partial charge in [-0.1, -0.05) is 48.5 Å². The van der Waals surface area contributed by atoms with Gasteiger partial charge in [-0.3, -0.25) is 19.3 Å². The second-order valence-electron chi connectivity index (χ2n) is 9.75. The third-order valence-corrected chi connectivity index (χ3v) is 7.25. The van der Waals surface area contributed by atoms with Gasteiger partial charge in [0.2, 0.25) is 5.91 Å². The monoisotopic (exact) mass is 556 g/mol. The third kappa shape index (κ3) is 6.13. The summed E-state index contributed by atoms with van der Waals surface area (Å²) >= 11 is 0.779. The zero-order valence-electron chi connectivity index (χ0n) is 22.8. The molecule has 0 saturated carbocycles. The first-order valence-electron chi connectivity index (χ1n) is 12.6. The molecule has 10 heteroatoms. The van der Waals surface area contributed by atoms with Gasteiger partial charge in [-0.05, 0) is 71.9 Å². The van der Waals surface area contributed by atoms with Crippen LogP contribution >= 0.6 is 11.5 Å². The fraction of sp³-hybridized carbons (Fsp3) is 0.200. The van der Waals surface area contributed by atoms with Crippen LogP contribution in [0.1, 0.15) is 48.5 Å².